The molecule has 1 aliphatic rings. The summed E-state index contributed by atoms with van der Waals surface area (Å²) in [5.74, 6) is -0.199. The molecule has 0 N–H and O–H groups in total. The number of hydrogen-bond acceptors (Lipinski definition) is 6. The van der Waals surface area contributed by atoms with Crippen molar-refractivity contribution in [3.8, 4) is 0 Å². The Labute approximate surface area is 188 Å². The van der Waals surface area contributed by atoms with Crippen molar-refractivity contribution in [3.05, 3.63) is 48.5 Å². The molecule has 1 fully saturated rings. The van der Waals surface area contributed by atoms with E-state index in [1.54, 1.807) is 21.7 Å². The van der Waals surface area contributed by atoms with Crippen molar-refractivity contribution in [2.24, 2.45) is 0 Å². The third-order valence-electron chi connectivity index (χ3n) is 5.75. The molecule has 1 amide bonds. The molecular weight excluding hydrogens is 428 g/mol. The summed E-state index contributed by atoms with van der Waals surface area (Å²) in [6, 6.07) is 14.9. The Hall–Kier alpha value is -2.98. The molecule has 2 aromatic carbocycles. The largest absolute Gasteiger partial charge is 0.368 e. The van der Waals surface area contributed by atoms with Crippen molar-refractivity contribution in [2.45, 2.75) is 24.8 Å². The minimum atomic E-state index is -3.83. The van der Waals surface area contributed by atoms with Gasteiger partial charge in [0.1, 0.15) is 5.52 Å². The average Bonchev–Trinajstić information content (AvgIpc) is 3.23. The van der Waals surface area contributed by atoms with E-state index in [9.17, 15) is 13.2 Å². The van der Waals surface area contributed by atoms with Gasteiger partial charge in [0, 0.05) is 45.0 Å². The number of piperazine rings is 1. The smallest absolute Gasteiger partial charge is 0.243 e. The summed E-state index contributed by atoms with van der Waals surface area (Å²) in [5, 5.41) is 8.18. The van der Waals surface area contributed by atoms with Crippen LogP contribution in [0.25, 0.3) is 11.0 Å². The zero-order valence-electron chi connectivity index (χ0n) is 18.5. The molecule has 3 aromatic rings. The zero-order chi connectivity index (χ0) is 22.9. The molecule has 170 valence electrons. The first-order chi connectivity index (χ1) is 15.3. The van der Waals surface area contributed by atoms with Crippen molar-refractivity contribution in [1.82, 2.24) is 24.2 Å². The third kappa shape index (κ3) is 4.33. The molecule has 2 heterocycles. The number of fused-ring (bicyclic) bond motifs is 1. The summed E-state index contributed by atoms with van der Waals surface area (Å²) in [5.41, 5.74) is 2.41. The number of nitrogens with zero attached hydrogens (tertiary/aromatic N) is 6. The first-order valence-electron chi connectivity index (χ1n) is 10.7. The number of amides is 1. The maximum atomic E-state index is 13.1. The number of rotatable bonds is 6. The van der Waals surface area contributed by atoms with E-state index in [4.69, 9.17) is 0 Å². The van der Waals surface area contributed by atoms with E-state index >= 15 is 0 Å². The van der Waals surface area contributed by atoms with E-state index in [2.05, 4.69) is 15.2 Å². The number of sulfonamides is 1. The number of aromatic nitrogens is 3. The summed E-state index contributed by atoms with van der Waals surface area (Å²) < 4.78 is 29.0. The van der Waals surface area contributed by atoms with Crippen LogP contribution in [0.3, 0.4) is 0 Å². The van der Waals surface area contributed by atoms with Crippen LogP contribution in [-0.2, 0) is 14.8 Å². The van der Waals surface area contributed by atoms with E-state index in [1.165, 1.54) is 13.1 Å². The molecule has 1 aromatic heterocycles. The fourth-order valence-electron chi connectivity index (χ4n) is 3.87. The molecular formula is C22H28N6O3S. The molecule has 9 nitrogen and oxygen atoms in total. The number of likely N-dealkylation sites (N-methyl/N-ethyl adjacent to an activating group) is 1. The average molecular weight is 457 g/mol. The second-order valence-electron chi connectivity index (χ2n) is 8.24. The lowest BCUT2D eigenvalue weighted by Gasteiger charge is -2.36. The van der Waals surface area contributed by atoms with Gasteiger partial charge >= 0.3 is 0 Å². The van der Waals surface area contributed by atoms with Crippen molar-refractivity contribution >= 4 is 32.7 Å². The van der Waals surface area contributed by atoms with Crippen molar-refractivity contribution in [3.63, 3.8) is 0 Å². The molecule has 1 saturated heterocycles. The fourth-order valence-corrected chi connectivity index (χ4v) is 5.01. The maximum Gasteiger partial charge on any atom is 0.243 e. The Morgan fingerprint density at radius 2 is 1.75 bits per heavy atom. The zero-order valence-corrected chi connectivity index (χ0v) is 19.4. The molecule has 10 heteroatoms. The maximum absolute atomic E-state index is 13.1. The molecule has 0 atom stereocenters. The van der Waals surface area contributed by atoms with Gasteiger partial charge in [-0.3, -0.25) is 4.79 Å². The van der Waals surface area contributed by atoms with Gasteiger partial charge in [0.2, 0.25) is 15.9 Å². The molecule has 0 saturated carbocycles. The topological polar surface area (TPSA) is 91.6 Å². The van der Waals surface area contributed by atoms with Crippen molar-refractivity contribution in [2.75, 3.05) is 44.7 Å². The van der Waals surface area contributed by atoms with Crippen LogP contribution in [0.5, 0.6) is 0 Å². The Morgan fingerprint density at radius 3 is 2.41 bits per heavy atom. The van der Waals surface area contributed by atoms with E-state index < -0.39 is 10.0 Å². The molecule has 0 spiro atoms. The lowest BCUT2D eigenvalue weighted by molar-refractivity contribution is -0.131. The van der Waals surface area contributed by atoms with Crippen LogP contribution in [0.1, 0.15) is 19.9 Å². The Kier molecular flexibility index (Phi) is 6.16. The van der Waals surface area contributed by atoms with Crippen molar-refractivity contribution in [1.29, 1.82) is 0 Å². The van der Waals surface area contributed by atoms with Gasteiger partial charge in [-0.2, -0.15) is 4.31 Å². The van der Waals surface area contributed by atoms with E-state index in [1.807, 2.05) is 44.2 Å². The fraction of sp³-hybridized carbons (Fsp3) is 0.409. The van der Waals surface area contributed by atoms with E-state index in [0.717, 1.165) is 15.5 Å². The Balaban J connectivity index is 1.41. The highest BCUT2D eigenvalue weighted by Gasteiger charge is 2.28. The summed E-state index contributed by atoms with van der Waals surface area (Å²) in [6.07, 6.45) is 0. The van der Waals surface area contributed by atoms with Gasteiger partial charge in [0.05, 0.1) is 17.0 Å². The normalized spacial score (nSPS) is 15.2. The number of anilines is 1. The van der Waals surface area contributed by atoms with Crippen LogP contribution in [-0.4, -0.2) is 78.3 Å². The highest BCUT2D eigenvalue weighted by molar-refractivity contribution is 7.89. The highest BCUT2D eigenvalue weighted by Crippen LogP contribution is 2.22. The SMILES string of the molecule is CC(C)n1nnc2cc(S(=O)(=O)N(C)CC(=O)N3CCN(c4ccccc4)CC3)ccc21. The molecule has 0 bridgehead atoms. The number of hydrogen-bond donors (Lipinski definition) is 0. The summed E-state index contributed by atoms with van der Waals surface area (Å²) >= 11 is 0. The van der Waals surface area contributed by atoms with E-state index in [-0.39, 0.29) is 23.4 Å². The van der Waals surface area contributed by atoms with Crippen LogP contribution >= 0.6 is 0 Å². The van der Waals surface area contributed by atoms with Gasteiger partial charge in [-0.1, -0.05) is 23.4 Å². The van der Waals surface area contributed by atoms with Crippen LogP contribution in [0, 0.1) is 0 Å². The lowest BCUT2D eigenvalue weighted by atomic mass is 10.2. The van der Waals surface area contributed by atoms with Gasteiger partial charge in [-0.05, 0) is 44.2 Å². The Bertz CT molecular complexity index is 1200. The number of benzene rings is 2. The third-order valence-corrected chi connectivity index (χ3v) is 7.55. The Morgan fingerprint density at radius 1 is 1.06 bits per heavy atom. The van der Waals surface area contributed by atoms with Gasteiger partial charge in [-0.25, -0.2) is 13.1 Å². The molecule has 0 aliphatic carbocycles. The van der Waals surface area contributed by atoms with Crippen LogP contribution in [0.15, 0.2) is 53.4 Å². The number of carbonyl (C=O) groups is 1. The predicted molar refractivity (Wildman–Crippen MR) is 123 cm³/mol. The quantitative estimate of drug-likeness (QED) is 0.563. The predicted octanol–water partition coefficient (Wildman–Crippen LogP) is 1.98. The minimum absolute atomic E-state index is 0.102. The minimum Gasteiger partial charge on any atom is -0.368 e. The number of carbonyl (C=O) groups excluding carboxylic acids is 1. The van der Waals surface area contributed by atoms with Crippen LogP contribution in [0.4, 0.5) is 5.69 Å². The second-order valence-corrected chi connectivity index (χ2v) is 10.3. The van der Waals surface area contributed by atoms with Gasteiger partial charge in [0.15, 0.2) is 0 Å². The molecule has 4 rings (SSSR count). The van der Waals surface area contributed by atoms with Crippen LogP contribution in [0.2, 0.25) is 0 Å². The van der Waals surface area contributed by atoms with E-state index in [0.29, 0.717) is 31.7 Å². The summed E-state index contributed by atoms with van der Waals surface area (Å²) in [6.45, 7) is 6.32. The molecule has 1 aliphatic heterocycles. The van der Waals surface area contributed by atoms with Gasteiger partial charge in [0.25, 0.3) is 0 Å². The monoisotopic (exact) mass is 456 g/mol. The van der Waals surface area contributed by atoms with Gasteiger partial charge < -0.3 is 9.80 Å². The highest BCUT2D eigenvalue weighted by atomic mass is 32.2. The molecule has 0 unspecified atom stereocenters. The summed E-state index contributed by atoms with van der Waals surface area (Å²) in [4.78, 5) is 16.8. The van der Waals surface area contributed by atoms with Crippen LogP contribution < -0.4 is 4.90 Å². The standard InChI is InChI=1S/C22H28N6O3S/c1-17(2)28-21-10-9-19(15-20(21)23-24-28)32(30,31)25(3)16-22(29)27-13-11-26(12-14-27)18-7-5-4-6-8-18/h4-10,15,17H,11-14,16H2,1-3H3. The first kappa shape index (κ1) is 22.2. The summed E-state index contributed by atoms with van der Waals surface area (Å²) in [7, 11) is -2.40. The number of para-hydroxylation sites is 1. The molecule has 32 heavy (non-hydrogen) atoms. The van der Waals surface area contributed by atoms with Crippen molar-refractivity contribution < 1.29 is 13.2 Å². The molecule has 0 radical (unpaired) electrons. The second kappa shape index (κ2) is 8.87. The lowest BCUT2D eigenvalue weighted by Crippen LogP contribution is -2.51. The van der Waals surface area contributed by atoms with Gasteiger partial charge in [-0.15, -0.1) is 5.10 Å². The first-order valence-corrected chi connectivity index (χ1v) is 12.1.